The Hall–Kier alpha value is -3.03. The van der Waals surface area contributed by atoms with Crippen molar-refractivity contribution in [2.24, 2.45) is 0 Å². The molecule has 1 atom stereocenters. The molecule has 0 radical (unpaired) electrons. The fraction of sp³-hybridized carbons (Fsp3) is 0.389. The molecule has 8 heteroatoms. The molecule has 0 bridgehead atoms. The van der Waals surface area contributed by atoms with E-state index >= 15 is 0 Å². The van der Waals surface area contributed by atoms with Crippen LogP contribution in [0.15, 0.2) is 42.7 Å². The van der Waals surface area contributed by atoms with Crippen LogP contribution in [0.4, 0.5) is 0 Å². The van der Waals surface area contributed by atoms with E-state index in [1.807, 2.05) is 48.3 Å². The van der Waals surface area contributed by atoms with Gasteiger partial charge >= 0.3 is 0 Å². The molecule has 0 N–H and O–H groups in total. The highest BCUT2D eigenvalue weighted by molar-refractivity contribution is 5.82. The van der Waals surface area contributed by atoms with E-state index in [2.05, 4.69) is 20.6 Å². The average Bonchev–Trinajstić information content (AvgIpc) is 3.31. The van der Waals surface area contributed by atoms with Crippen molar-refractivity contribution in [2.45, 2.75) is 38.3 Å². The van der Waals surface area contributed by atoms with E-state index in [4.69, 9.17) is 0 Å². The minimum Gasteiger partial charge on any atom is -0.341 e. The van der Waals surface area contributed by atoms with Gasteiger partial charge in [0.25, 0.3) is 0 Å². The second-order valence-corrected chi connectivity index (χ2v) is 6.62. The number of hydrogen-bond acceptors (Lipinski definition) is 5. The van der Waals surface area contributed by atoms with E-state index < -0.39 is 0 Å². The van der Waals surface area contributed by atoms with Crippen LogP contribution in [-0.4, -0.2) is 47.8 Å². The topological polar surface area (TPSA) is 81.7 Å². The van der Waals surface area contributed by atoms with Crippen LogP contribution < -0.4 is 0 Å². The van der Waals surface area contributed by atoms with Gasteiger partial charge in [0.1, 0.15) is 0 Å². The largest absolute Gasteiger partial charge is 0.341 e. The molecule has 8 nitrogen and oxygen atoms in total. The lowest BCUT2D eigenvalue weighted by atomic mass is 10.0. The highest BCUT2D eigenvalue weighted by Crippen LogP contribution is 2.26. The summed E-state index contributed by atoms with van der Waals surface area (Å²) in [5.41, 5.74) is 2.04. The molecule has 1 aliphatic rings. The van der Waals surface area contributed by atoms with Gasteiger partial charge in [-0.15, -0.1) is 5.10 Å². The summed E-state index contributed by atoms with van der Waals surface area (Å²) in [5.74, 6) is 0.476. The Labute approximate surface area is 151 Å². The summed E-state index contributed by atoms with van der Waals surface area (Å²) in [5, 5.41) is 16.1. The molecule has 134 valence electrons. The Morgan fingerprint density at radius 3 is 3.08 bits per heavy atom. The normalized spacial score (nSPS) is 16.7. The zero-order valence-electron chi connectivity index (χ0n) is 14.7. The Morgan fingerprint density at radius 2 is 2.23 bits per heavy atom. The van der Waals surface area contributed by atoms with Crippen molar-refractivity contribution in [3.8, 4) is 5.69 Å². The number of hydrogen-bond donors (Lipinski definition) is 0. The van der Waals surface area contributed by atoms with Gasteiger partial charge in [0.2, 0.25) is 5.91 Å². The first-order valence-electron chi connectivity index (χ1n) is 8.82. The van der Waals surface area contributed by atoms with E-state index in [1.165, 1.54) is 0 Å². The lowest BCUT2D eigenvalue weighted by Crippen LogP contribution is -2.32. The van der Waals surface area contributed by atoms with Crippen molar-refractivity contribution in [3.05, 3.63) is 54.1 Å². The van der Waals surface area contributed by atoms with Crippen LogP contribution in [0.5, 0.6) is 0 Å². The van der Waals surface area contributed by atoms with Crippen LogP contribution in [-0.2, 0) is 17.9 Å². The highest BCUT2D eigenvalue weighted by atomic mass is 16.2. The second-order valence-electron chi connectivity index (χ2n) is 6.62. The van der Waals surface area contributed by atoms with Gasteiger partial charge in [0, 0.05) is 32.5 Å². The maximum Gasteiger partial charge on any atom is 0.233 e. The van der Waals surface area contributed by atoms with Crippen LogP contribution in [0.25, 0.3) is 5.69 Å². The number of aryl methyl sites for hydroxylation is 1. The molecule has 3 heterocycles. The van der Waals surface area contributed by atoms with Crippen molar-refractivity contribution < 1.29 is 4.79 Å². The smallest absolute Gasteiger partial charge is 0.233 e. The van der Waals surface area contributed by atoms with Gasteiger partial charge in [-0.05, 0) is 47.0 Å². The van der Waals surface area contributed by atoms with Gasteiger partial charge in [0.15, 0.2) is 5.82 Å². The van der Waals surface area contributed by atoms with Gasteiger partial charge in [-0.3, -0.25) is 4.79 Å². The first kappa shape index (κ1) is 16.4. The van der Waals surface area contributed by atoms with Gasteiger partial charge in [0.05, 0.1) is 11.6 Å². The van der Waals surface area contributed by atoms with E-state index in [0.717, 1.165) is 37.1 Å². The quantitative estimate of drug-likeness (QED) is 0.716. The van der Waals surface area contributed by atoms with E-state index in [-0.39, 0.29) is 11.8 Å². The lowest BCUT2D eigenvalue weighted by molar-refractivity contribution is -0.132. The standard InChI is InChI=1S/C18H21N7O/c1-23(13-14-6-4-7-15(12-14)24-11-5-9-19-24)18(26)16-8-2-3-10-25-17(16)20-21-22-25/h4-7,9,11-12,16H,2-3,8,10,13H2,1H3/t16-/m0/s1. The van der Waals surface area contributed by atoms with Crippen LogP contribution in [0, 0.1) is 0 Å². The molecule has 0 unspecified atom stereocenters. The van der Waals surface area contributed by atoms with E-state index in [1.54, 1.807) is 15.8 Å². The van der Waals surface area contributed by atoms with Gasteiger partial charge in [-0.1, -0.05) is 18.6 Å². The van der Waals surface area contributed by atoms with E-state index in [0.29, 0.717) is 12.4 Å². The molecule has 0 fully saturated rings. The third-order valence-corrected chi connectivity index (χ3v) is 4.76. The predicted octanol–water partition coefficient (Wildman–Crippen LogP) is 1.78. The first-order valence-corrected chi connectivity index (χ1v) is 8.82. The van der Waals surface area contributed by atoms with Crippen molar-refractivity contribution in [2.75, 3.05) is 7.05 Å². The fourth-order valence-electron chi connectivity index (χ4n) is 3.43. The molecule has 0 spiro atoms. The monoisotopic (exact) mass is 351 g/mol. The summed E-state index contributed by atoms with van der Waals surface area (Å²) in [6, 6.07) is 9.94. The van der Waals surface area contributed by atoms with Crippen LogP contribution in [0.3, 0.4) is 0 Å². The highest BCUT2D eigenvalue weighted by Gasteiger charge is 2.30. The number of likely N-dealkylation sites (N-methyl/N-ethyl adjacent to an activating group) is 1. The number of carbonyl (C=O) groups excluding carboxylic acids is 1. The van der Waals surface area contributed by atoms with Gasteiger partial charge < -0.3 is 4.90 Å². The van der Waals surface area contributed by atoms with Crippen molar-refractivity contribution in [3.63, 3.8) is 0 Å². The number of carbonyl (C=O) groups is 1. The van der Waals surface area contributed by atoms with Crippen LogP contribution in [0.1, 0.15) is 36.6 Å². The number of tetrazole rings is 1. The molecule has 0 saturated heterocycles. The molecule has 4 rings (SSSR count). The Kier molecular flexibility index (Phi) is 4.47. The van der Waals surface area contributed by atoms with E-state index in [9.17, 15) is 4.79 Å². The number of nitrogens with zero attached hydrogens (tertiary/aromatic N) is 7. The summed E-state index contributed by atoms with van der Waals surface area (Å²) >= 11 is 0. The molecule has 1 amide bonds. The number of fused-ring (bicyclic) bond motifs is 1. The lowest BCUT2D eigenvalue weighted by Gasteiger charge is -2.22. The molecule has 0 aliphatic carbocycles. The zero-order valence-corrected chi connectivity index (χ0v) is 14.7. The number of aromatic nitrogens is 6. The zero-order chi connectivity index (χ0) is 17.9. The summed E-state index contributed by atoms with van der Waals surface area (Å²) in [6.07, 6.45) is 6.43. The number of rotatable bonds is 4. The third kappa shape index (κ3) is 3.22. The van der Waals surface area contributed by atoms with Crippen molar-refractivity contribution >= 4 is 5.91 Å². The Bertz CT molecular complexity index is 887. The molecular formula is C18H21N7O. The summed E-state index contributed by atoms with van der Waals surface area (Å²) in [7, 11) is 1.84. The maximum absolute atomic E-state index is 13.0. The SMILES string of the molecule is CN(Cc1cccc(-n2cccn2)c1)C(=O)[C@H]1CCCCn2nnnc21. The first-order chi connectivity index (χ1) is 12.7. The second kappa shape index (κ2) is 7.07. The van der Waals surface area contributed by atoms with Crippen LogP contribution >= 0.6 is 0 Å². The summed E-state index contributed by atoms with van der Waals surface area (Å²) in [6.45, 7) is 1.31. The molecule has 0 saturated carbocycles. The third-order valence-electron chi connectivity index (χ3n) is 4.76. The van der Waals surface area contributed by atoms with Crippen molar-refractivity contribution in [1.29, 1.82) is 0 Å². The van der Waals surface area contributed by atoms with Crippen molar-refractivity contribution in [1.82, 2.24) is 34.9 Å². The minimum absolute atomic E-state index is 0.0624. The summed E-state index contributed by atoms with van der Waals surface area (Å²) < 4.78 is 3.58. The number of benzene rings is 1. The van der Waals surface area contributed by atoms with Gasteiger partial charge in [-0.2, -0.15) is 5.10 Å². The molecular weight excluding hydrogens is 330 g/mol. The average molecular weight is 351 g/mol. The molecule has 26 heavy (non-hydrogen) atoms. The summed E-state index contributed by atoms with van der Waals surface area (Å²) in [4.78, 5) is 14.8. The molecule has 1 aromatic carbocycles. The molecule has 1 aliphatic heterocycles. The van der Waals surface area contributed by atoms with Crippen LogP contribution in [0.2, 0.25) is 0 Å². The van der Waals surface area contributed by atoms with Gasteiger partial charge in [-0.25, -0.2) is 9.36 Å². The number of amides is 1. The Morgan fingerprint density at radius 1 is 1.31 bits per heavy atom. The predicted molar refractivity (Wildman–Crippen MR) is 94.4 cm³/mol. The minimum atomic E-state index is -0.271. The molecule has 3 aromatic rings. The maximum atomic E-state index is 13.0. The fourth-order valence-corrected chi connectivity index (χ4v) is 3.43. The molecule has 2 aromatic heterocycles. The Balaban J connectivity index is 1.51.